The van der Waals surface area contributed by atoms with E-state index in [1.54, 1.807) is 19.0 Å². The third-order valence-electron chi connectivity index (χ3n) is 3.92. The number of nitrogens with zero attached hydrogens (tertiary/aromatic N) is 6. The fourth-order valence-electron chi connectivity index (χ4n) is 2.36. The summed E-state index contributed by atoms with van der Waals surface area (Å²) in [5.41, 5.74) is 4.62. The van der Waals surface area contributed by atoms with Crippen LogP contribution in [0.25, 0.3) is 0 Å². The average Bonchev–Trinajstić information content (AvgIpc) is 2.71. The number of nitrogens with one attached hydrogen (secondary N) is 2. The number of hydrogen-bond acceptors (Lipinski definition) is 10. The molecule has 0 saturated carbocycles. The molecule has 3 N–H and O–H groups in total. The van der Waals surface area contributed by atoms with Crippen LogP contribution in [0.3, 0.4) is 0 Å². The molecule has 1 aromatic heterocycles. The highest BCUT2D eigenvalue weighted by Gasteiger charge is 2.10. The molecule has 0 unspecified atom stereocenters. The minimum Gasteiger partial charge on any atom is -0.507 e. The van der Waals surface area contributed by atoms with Crippen LogP contribution >= 0.6 is 0 Å². The van der Waals surface area contributed by atoms with E-state index in [0.717, 1.165) is 11.3 Å². The van der Waals surface area contributed by atoms with Crippen LogP contribution in [0.5, 0.6) is 5.75 Å². The van der Waals surface area contributed by atoms with E-state index in [9.17, 15) is 15.2 Å². The van der Waals surface area contributed by atoms with Crippen molar-refractivity contribution in [2.45, 2.75) is 6.92 Å². The first-order chi connectivity index (χ1) is 14.3. The molecule has 0 bridgehead atoms. The third-order valence-corrected chi connectivity index (χ3v) is 3.92. The first kappa shape index (κ1) is 20.5. The maximum absolute atomic E-state index is 10.9. The number of phenolic OH excluding ortho intramolecular Hbond substituents is 1. The van der Waals surface area contributed by atoms with Crippen molar-refractivity contribution in [1.29, 1.82) is 0 Å². The Morgan fingerprint density at radius 3 is 2.47 bits per heavy atom. The van der Waals surface area contributed by atoms with Crippen LogP contribution in [0.15, 0.2) is 47.6 Å². The van der Waals surface area contributed by atoms with Gasteiger partial charge >= 0.3 is 0 Å². The van der Waals surface area contributed by atoms with Crippen molar-refractivity contribution in [3.05, 3.63) is 63.7 Å². The first-order valence-corrected chi connectivity index (χ1v) is 8.85. The van der Waals surface area contributed by atoms with Crippen LogP contribution in [-0.4, -0.2) is 45.3 Å². The van der Waals surface area contributed by atoms with Gasteiger partial charge in [0.2, 0.25) is 17.8 Å². The van der Waals surface area contributed by atoms with Crippen molar-refractivity contribution in [2.24, 2.45) is 5.10 Å². The average molecular weight is 408 g/mol. The first-order valence-electron chi connectivity index (χ1n) is 8.85. The number of non-ortho nitro benzene ring substituents is 1. The number of hydrazone groups is 1. The number of nitro benzene ring substituents is 1. The van der Waals surface area contributed by atoms with Gasteiger partial charge in [-0.25, -0.2) is 5.43 Å². The molecule has 0 aliphatic rings. The smallest absolute Gasteiger partial charge is 0.270 e. The summed E-state index contributed by atoms with van der Waals surface area (Å²) in [6.45, 7) is 2.00. The van der Waals surface area contributed by atoms with Gasteiger partial charge in [-0.15, -0.1) is 0 Å². The van der Waals surface area contributed by atoms with Gasteiger partial charge in [-0.2, -0.15) is 20.1 Å². The fourth-order valence-corrected chi connectivity index (χ4v) is 2.36. The number of aromatic hydroxyl groups is 1. The lowest BCUT2D eigenvalue weighted by atomic mass is 10.2. The molecular weight excluding hydrogens is 388 g/mol. The van der Waals surface area contributed by atoms with Crippen molar-refractivity contribution in [3.63, 3.8) is 0 Å². The standard InChI is InChI=1S/C19H20N8O3/c1-12-4-6-14(7-5-12)21-17-22-18(24-19(23-17)26(2)3)25-20-11-13-10-15(27(29)30)8-9-16(13)28/h4-11,28H,1-3H3,(H2,21,22,23,24,25)/b20-11+. The van der Waals surface area contributed by atoms with Crippen LogP contribution in [-0.2, 0) is 0 Å². The Hall–Kier alpha value is -4.28. The highest BCUT2D eigenvalue weighted by Crippen LogP contribution is 2.21. The summed E-state index contributed by atoms with van der Waals surface area (Å²) in [7, 11) is 3.58. The zero-order chi connectivity index (χ0) is 21.7. The van der Waals surface area contributed by atoms with Crippen LogP contribution < -0.4 is 15.6 Å². The second-order valence-corrected chi connectivity index (χ2v) is 6.54. The van der Waals surface area contributed by atoms with Gasteiger partial charge in [-0.3, -0.25) is 10.1 Å². The zero-order valence-electron chi connectivity index (χ0n) is 16.6. The Morgan fingerprint density at radius 2 is 1.80 bits per heavy atom. The van der Waals surface area contributed by atoms with E-state index in [1.807, 2.05) is 31.2 Å². The van der Waals surface area contributed by atoms with Crippen LogP contribution in [0.2, 0.25) is 0 Å². The van der Waals surface area contributed by atoms with Crippen LogP contribution in [0.1, 0.15) is 11.1 Å². The maximum Gasteiger partial charge on any atom is 0.270 e. The molecule has 11 nitrogen and oxygen atoms in total. The van der Waals surface area contributed by atoms with Crippen molar-refractivity contribution in [1.82, 2.24) is 15.0 Å². The molecule has 0 aliphatic heterocycles. The molecule has 11 heteroatoms. The molecule has 30 heavy (non-hydrogen) atoms. The number of phenols is 1. The Bertz CT molecular complexity index is 1080. The van der Waals surface area contributed by atoms with Gasteiger partial charge in [0.1, 0.15) is 5.75 Å². The molecule has 3 rings (SSSR count). The number of hydrogen-bond donors (Lipinski definition) is 3. The van der Waals surface area contributed by atoms with Gasteiger partial charge in [0.15, 0.2) is 0 Å². The third kappa shape index (κ3) is 5.16. The largest absolute Gasteiger partial charge is 0.507 e. The number of aryl methyl sites for hydroxylation is 1. The summed E-state index contributed by atoms with van der Waals surface area (Å²) in [6.07, 6.45) is 1.24. The number of benzene rings is 2. The summed E-state index contributed by atoms with van der Waals surface area (Å²) in [5, 5.41) is 27.8. The van der Waals surface area contributed by atoms with E-state index in [2.05, 4.69) is 30.8 Å². The lowest BCUT2D eigenvalue weighted by molar-refractivity contribution is -0.384. The molecule has 3 aromatic rings. The molecule has 0 atom stereocenters. The van der Waals surface area contributed by atoms with Crippen molar-refractivity contribution >= 4 is 35.4 Å². The zero-order valence-corrected chi connectivity index (χ0v) is 16.6. The number of anilines is 4. The number of aromatic nitrogens is 3. The van der Waals surface area contributed by atoms with Gasteiger partial charge < -0.3 is 15.3 Å². The summed E-state index contributed by atoms with van der Waals surface area (Å²) >= 11 is 0. The van der Waals surface area contributed by atoms with Crippen LogP contribution in [0.4, 0.5) is 29.2 Å². The minimum absolute atomic E-state index is 0.141. The molecule has 2 aromatic carbocycles. The summed E-state index contributed by atoms with van der Waals surface area (Å²) < 4.78 is 0. The number of nitro groups is 1. The molecule has 0 fully saturated rings. The lowest BCUT2D eigenvalue weighted by Gasteiger charge is -2.13. The maximum atomic E-state index is 10.9. The highest BCUT2D eigenvalue weighted by atomic mass is 16.6. The molecular formula is C19H20N8O3. The Kier molecular flexibility index (Phi) is 6.01. The molecule has 0 aliphatic carbocycles. The molecule has 0 radical (unpaired) electrons. The van der Waals surface area contributed by atoms with Crippen molar-refractivity contribution < 1.29 is 10.0 Å². The Morgan fingerprint density at radius 1 is 1.10 bits per heavy atom. The molecule has 1 heterocycles. The number of rotatable bonds is 7. The SMILES string of the molecule is Cc1ccc(Nc2nc(N/N=C/c3cc([N+](=O)[O-])ccc3O)nc(N(C)C)n2)cc1. The van der Waals surface area contributed by atoms with Gasteiger partial charge in [-0.1, -0.05) is 17.7 Å². The van der Waals surface area contributed by atoms with E-state index < -0.39 is 4.92 Å². The van der Waals surface area contributed by atoms with Crippen molar-refractivity contribution in [3.8, 4) is 5.75 Å². The molecule has 154 valence electrons. The highest BCUT2D eigenvalue weighted by molar-refractivity contribution is 5.84. The molecule has 0 amide bonds. The van der Waals surface area contributed by atoms with Gasteiger partial charge in [0, 0.05) is 37.5 Å². The molecule has 0 saturated heterocycles. The Labute approximate surface area is 172 Å². The van der Waals surface area contributed by atoms with E-state index in [0.29, 0.717) is 11.9 Å². The van der Waals surface area contributed by atoms with Gasteiger partial charge in [0.25, 0.3) is 5.69 Å². The predicted octanol–water partition coefficient (Wildman–Crippen LogP) is 3.05. The monoisotopic (exact) mass is 408 g/mol. The normalized spacial score (nSPS) is 10.8. The van der Waals surface area contributed by atoms with Gasteiger partial charge in [-0.05, 0) is 25.1 Å². The quantitative estimate of drug-likeness (QED) is 0.305. The summed E-state index contributed by atoms with van der Waals surface area (Å²) in [6, 6.07) is 11.4. The van der Waals surface area contributed by atoms with E-state index >= 15 is 0 Å². The van der Waals surface area contributed by atoms with Gasteiger partial charge in [0.05, 0.1) is 11.1 Å². The fraction of sp³-hybridized carbons (Fsp3) is 0.158. The second-order valence-electron chi connectivity index (χ2n) is 6.54. The van der Waals surface area contributed by atoms with E-state index in [1.165, 1.54) is 24.4 Å². The van der Waals surface area contributed by atoms with Crippen LogP contribution in [0, 0.1) is 17.0 Å². The van der Waals surface area contributed by atoms with Crippen molar-refractivity contribution in [2.75, 3.05) is 29.7 Å². The lowest BCUT2D eigenvalue weighted by Crippen LogP contribution is -2.15. The van der Waals surface area contributed by atoms with E-state index in [4.69, 9.17) is 0 Å². The summed E-state index contributed by atoms with van der Waals surface area (Å²) in [5.74, 6) is 0.728. The Balaban J connectivity index is 1.82. The topological polar surface area (TPSA) is 142 Å². The molecule has 0 spiro atoms. The minimum atomic E-state index is -0.553. The predicted molar refractivity (Wildman–Crippen MR) is 115 cm³/mol. The van der Waals surface area contributed by atoms with E-state index in [-0.39, 0.29) is 22.9 Å². The second kappa shape index (κ2) is 8.82. The summed E-state index contributed by atoms with van der Waals surface area (Å²) in [4.78, 5) is 24.9.